The van der Waals surface area contributed by atoms with Crippen LogP contribution in [0.3, 0.4) is 0 Å². The van der Waals surface area contributed by atoms with E-state index in [1.807, 2.05) is 0 Å². The quantitative estimate of drug-likeness (QED) is 0.738. The molecule has 1 aromatic rings. The highest BCUT2D eigenvalue weighted by molar-refractivity contribution is 8.13. The van der Waals surface area contributed by atoms with Crippen molar-refractivity contribution < 1.29 is 12.8 Å². The maximum Gasteiger partial charge on any atom is 0.261 e. The normalized spacial score (nSPS) is 17.0. The number of benzene rings is 1. The van der Waals surface area contributed by atoms with E-state index >= 15 is 0 Å². The molecule has 2 rings (SSSR count). The van der Waals surface area contributed by atoms with Crippen LogP contribution in [0.25, 0.3) is 0 Å². The first kappa shape index (κ1) is 9.93. The summed E-state index contributed by atoms with van der Waals surface area (Å²) in [5.74, 6) is -0.212. The monoisotopic (exact) mass is 234 g/mol. The third kappa shape index (κ3) is 1.91. The van der Waals surface area contributed by atoms with Crippen molar-refractivity contribution in [1.29, 1.82) is 0 Å². The number of rotatable bonds is 2. The van der Waals surface area contributed by atoms with Crippen molar-refractivity contribution in [1.82, 2.24) is 0 Å². The summed E-state index contributed by atoms with van der Waals surface area (Å²) in [5, 5.41) is 0. The number of hydrogen-bond donors (Lipinski definition) is 0. The van der Waals surface area contributed by atoms with Gasteiger partial charge in [-0.3, -0.25) is 0 Å². The molecule has 1 fully saturated rings. The third-order valence-corrected chi connectivity index (χ3v) is 3.62. The van der Waals surface area contributed by atoms with Gasteiger partial charge in [-0.2, -0.15) is 0 Å². The fraction of sp³-hybridized carbons (Fsp3) is 0.333. The summed E-state index contributed by atoms with van der Waals surface area (Å²) >= 11 is 0. The third-order valence-electron chi connectivity index (χ3n) is 2.27. The van der Waals surface area contributed by atoms with Crippen LogP contribution in [-0.2, 0) is 9.05 Å². The fourth-order valence-electron chi connectivity index (χ4n) is 1.38. The molecular weight excluding hydrogens is 227 g/mol. The van der Waals surface area contributed by atoms with Crippen LogP contribution >= 0.6 is 10.7 Å². The largest absolute Gasteiger partial charge is 0.261 e. The Morgan fingerprint density at radius 3 is 2.43 bits per heavy atom. The Kier molecular flexibility index (Phi) is 2.27. The van der Waals surface area contributed by atoms with Gasteiger partial charge in [0.25, 0.3) is 9.05 Å². The summed E-state index contributed by atoms with van der Waals surface area (Å²) in [4.78, 5) is -0.180. The zero-order valence-electron chi connectivity index (χ0n) is 7.20. The summed E-state index contributed by atoms with van der Waals surface area (Å²) in [6.07, 6.45) is 1.95. The van der Waals surface area contributed by atoms with Gasteiger partial charge in [0.15, 0.2) is 0 Å². The topological polar surface area (TPSA) is 34.1 Å². The first-order valence-electron chi connectivity index (χ1n) is 4.22. The molecule has 2 nitrogen and oxygen atoms in total. The lowest BCUT2D eigenvalue weighted by molar-refractivity contribution is 0.595. The van der Waals surface area contributed by atoms with Crippen molar-refractivity contribution in [2.75, 3.05) is 0 Å². The first-order chi connectivity index (χ1) is 6.48. The van der Waals surface area contributed by atoms with Gasteiger partial charge >= 0.3 is 0 Å². The summed E-state index contributed by atoms with van der Waals surface area (Å²) in [7, 11) is 1.27. The molecule has 0 unspecified atom stereocenters. The van der Waals surface area contributed by atoms with Crippen LogP contribution in [0.15, 0.2) is 23.1 Å². The van der Waals surface area contributed by atoms with E-state index in [2.05, 4.69) is 0 Å². The Balaban J connectivity index is 2.45. The summed E-state index contributed by atoms with van der Waals surface area (Å²) in [6.45, 7) is 0. The van der Waals surface area contributed by atoms with Crippen LogP contribution in [0.2, 0.25) is 0 Å². The van der Waals surface area contributed by atoms with Gasteiger partial charge in [-0.25, -0.2) is 12.8 Å². The molecule has 1 aliphatic rings. The van der Waals surface area contributed by atoms with Crippen molar-refractivity contribution in [3.8, 4) is 0 Å². The summed E-state index contributed by atoms with van der Waals surface area (Å²) < 4.78 is 35.1. The molecule has 0 atom stereocenters. The maximum absolute atomic E-state index is 13.3. The van der Waals surface area contributed by atoms with E-state index in [9.17, 15) is 12.8 Å². The highest BCUT2D eigenvalue weighted by Crippen LogP contribution is 2.41. The lowest BCUT2D eigenvalue weighted by Crippen LogP contribution is -1.94. The van der Waals surface area contributed by atoms with Crippen LogP contribution < -0.4 is 0 Å². The van der Waals surface area contributed by atoms with Crippen molar-refractivity contribution in [2.45, 2.75) is 23.7 Å². The number of hydrogen-bond acceptors (Lipinski definition) is 2. The first-order valence-corrected chi connectivity index (χ1v) is 6.53. The zero-order chi connectivity index (χ0) is 10.3. The molecule has 0 bridgehead atoms. The second-order valence-corrected chi connectivity index (χ2v) is 5.96. The van der Waals surface area contributed by atoms with Gasteiger partial charge in [-0.15, -0.1) is 0 Å². The molecule has 0 amide bonds. The predicted molar refractivity (Wildman–Crippen MR) is 51.4 cm³/mol. The minimum absolute atomic E-state index is 0.180. The zero-order valence-corrected chi connectivity index (χ0v) is 8.78. The van der Waals surface area contributed by atoms with E-state index in [4.69, 9.17) is 10.7 Å². The molecule has 0 spiro atoms. The van der Waals surface area contributed by atoms with Crippen LogP contribution in [0, 0.1) is 5.82 Å². The Morgan fingerprint density at radius 2 is 2.00 bits per heavy atom. The Labute approximate surface area is 86.1 Å². The van der Waals surface area contributed by atoms with E-state index < -0.39 is 14.9 Å². The van der Waals surface area contributed by atoms with E-state index in [-0.39, 0.29) is 10.8 Å². The maximum atomic E-state index is 13.3. The summed E-state index contributed by atoms with van der Waals surface area (Å²) in [5.41, 5.74) is 0.592. The van der Waals surface area contributed by atoms with Gasteiger partial charge in [-0.1, -0.05) is 6.07 Å². The fourth-order valence-corrected chi connectivity index (χ4v) is 2.15. The van der Waals surface area contributed by atoms with Crippen LogP contribution in [0.1, 0.15) is 24.3 Å². The average molecular weight is 235 g/mol. The Morgan fingerprint density at radius 1 is 1.36 bits per heavy atom. The van der Waals surface area contributed by atoms with E-state index in [0.717, 1.165) is 18.9 Å². The van der Waals surface area contributed by atoms with Crippen molar-refractivity contribution in [2.24, 2.45) is 0 Å². The minimum atomic E-state index is -3.82. The molecule has 1 saturated carbocycles. The van der Waals surface area contributed by atoms with Crippen molar-refractivity contribution >= 4 is 19.7 Å². The lowest BCUT2D eigenvalue weighted by atomic mass is 10.1. The molecule has 76 valence electrons. The molecule has 1 aromatic carbocycles. The van der Waals surface area contributed by atoms with Crippen molar-refractivity contribution in [3.63, 3.8) is 0 Å². The van der Waals surface area contributed by atoms with Crippen molar-refractivity contribution in [3.05, 3.63) is 29.6 Å². The Hall–Kier alpha value is -0.610. The van der Waals surface area contributed by atoms with E-state index in [1.54, 1.807) is 0 Å². The van der Waals surface area contributed by atoms with Gasteiger partial charge < -0.3 is 0 Å². The summed E-state index contributed by atoms with van der Waals surface area (Å²) in [6, 6.07) is 3.83. The van der Waals surface area contributed by atoms with Gasteiger partial charge in [0.05, 0.1) is 4.90 Å². The second kappa shape index (κ2) is 3.21. The molecule has 0 saturated heterocycles. The highest BCUT2D eigenvalue weighted by Gasteiger charge is 2.27. The Bertz CT molecular complexity index is 466. The standard InChI is InChI=1S/C9H8ClFO2S/c10-14(12,13)7-3-4-8(6-1-2-6)9(11)5-7/h3-6H,1-2H2. The molecule has 0 heterocycles. The second-order valence-electron chi connectivity index (χ2n) is 3.40. The molecule has 0 aliphatic heterocycles. The van der Waals surface area contributed by atoms with Gasteiger partial charge in [0.2, 0.25) is 0 Å². The number of halogens is 2. The molecule has 5 heteroatoms. The van der Waals surface area contributed by atoms with Gasteiger partial charge in [0.1, 0.15) is 5.82 Å². The molecule has 0 aromatic heterocycles. The highest BCUT2D eigenvalue weighted by atomic mass is 35.7. The lowest BCUT2D eigenvalue weighted by Gasteiger charge is -2.02. The molecule has 14 heavy (non-hydrogen) atoms. The molecule has 0 radical (unpaired) electrons. The molecular formula is C9H8ClFO2S. The van der Waals surface area contributed by atoms with Gasteiger partial charge in [0, 0.05) is 10.7 Å². The SMILES string of the molecule is O=S(=O)(Cl)c1ccc(C2CC2)c(F)c1. The minimum Gasteiger partial charge on any atom is -0.207 e. The molecule has 1 aliphatic carbocycles. The molecule has 0 N–H and O–H groups in total. The van der Waals surface area contributed by atoms with E-state index in [0.29, 0.717) is 5.56 Å². The average Bonchev–Trinajstić information content (AvgIpc) is 2.85. The predicted octanol–water partition coefficient (Wildman–Crippen LogP) is 2.63. The van der Waals surface area contributed by atoms with Crippen LogP contribution in [0.4, 0.5) is 4.39 Å². The van der Waals surface area contributed by atoms with E-state index in [1.165, 1.54) is 12.1 Å². The smallest absolute Gasteiger partial charge is 0.207 e. The van der Waals surface area contributed by atoms with Crippen LogP contribution in [0.5, 0.6) is 0 Å². The van der Waals surface area contributed by atoms with Crippen LogP contribution in [-0.4, -0.2) is 8.42 Å². The van der Waals surface area contributed by atoms with Gasteiger partial charge in [-0.05, 0) is 36.5 Å².